The molecule has 2 saturated heterocycles. The van der Waals surface area contributed by atoms with E-state index in [1.807, 2.05) is 64.1 Å². The van der Waals surface area contributed by atoms with Crippen molar-refractivity contribution in [1.29, 1.82) is 0 Å². The van der Waals surface area contributed by atoms with Crippen molar-refractivity contribution in [1.82, 2.24) is 45.7 Å². The Labute approximate surface area is 478 Å². The first-order chi connectivity index (χ1) is 37.1. The fourth-order valence-electron chi connectivity index (χ4n) is 12.7. The number of ether oxygens (including phenoxy) is 2. The summed E-state index contributed by atoms with van der Waals surface area (Å²) in [5, 5.41) is 17.7. The van der Waals surface area contributed by atoms with Gasteiger partial charge in [0.05, 0.1) is 30.8 Å². The van der Waals surface area contributed by atoms with Gasteiger partial charge in [-0.15, -0.1) is 0 Å². The molecule has 22 heteroatoms. The molecule has 6 aliphatic rings. The van der Waals surface area contributed by atoms with Crippen molar-refractivity contribution < 1.29 is 52.9 Å². The van der Waals surface area contributed by atoms with Crippen LogP contribution in [0.1, 0.15) is 154 Å². The number of rotatable bonds is 14. The third kappa shape index (κ3) is 14.4. The molecule has 4 aliphatic carbocycles. The quantitative estimate of drug-likeness (QED) is 0.0944. The highest BCUT2D eigenvalue weighted by Gasteiger charge is 2.71. The molecule has 0 radical (unpaired) electrons. The van der Waals surface area contributed by atoms with E-state index in [1.165, 1.54) is 51.4 Å². The largest absolute Gasteiger partial charge is 0.480 e. The number of aromatic nitrogens is 4. The molecular formula is C57H83IN10O11. The van der Waals surface area contributed by atoms with Crippen molar-refractivity contribution in [3.05, 3.63) is 48.6 Å². The van der Waals surface area contributed by atoms with Crippen molar-refractivity contribution >= 4 is 74.3 Å². The normalized spacial score (nSPS) is 25.4. The van der Waals surface area contributed by atoms with Gasteiger partial charge in [0.2, 0.25) is 17.7 Å². The molecule has 2 aliphatic heterocycles. The molecule has 79 heavy (non-hydrogen) atoms. The third-order valence-electron chi connectivity index (χ3n) is 17.5. The van der Waals surface area contributed by atoms with Gasteiger partial charge in [-0.2, -0.15) is 0 Å². The summed E-state index contributed by atoms with van der Waals surface area (Å²) in [4.78, 5) is 125. The summed E-state index contributed by atoms with van der Waals surface area (Å²) < 4.78 is 11.7. The Morgan fingerprint density at radius 3 is 1.43 bits per heavy atom. The van der Waals surface area contributed by atoms with Crippen LogP contribution in [0.2, 0.25) is 0 Å². The topological polar surface area (TPSA) is 282 Å². The number of fused-ring (bicyclic) bond motifs is 2. The Morgan fingerprint density at radius 2 is 1.06 bits per heavy atom. The number of esters is 2. The highest BCUT2D eigenvalue weighted by Crippen LogP contribution is 2.66. The lowest BCUT2D eigenvalue weighted by molar-refractivity contribution is -0.155. The monoisotopic (exact) mass is 1210 g/mol. The number of halogens is 1. The standard InChI is InChI=1S/C28H41N5O5.C16H25IN2O3.C13H17N3O3/c1-27(2,3)22(25(36)33-15-17-19(28(17,4)5)21(33)26(37)38-6)32-24(35)20(16-10-8-7-9-11-16)31-23(34)18-14-29-12-13-30-18;1-15(2,3)12(18-8-17)13(20)19-7-9-10(16(9,4)5)11(19)14(21)22-6;17-12(10-8-14-6-7-15-10)16-11(13(18)19)9-4-2-1-3-5-9/h12-14,16-17,19-22H,7-11,15H2,1-6H3,(H,31,34)(H,32,35);8-12H,7H2,1-6H3;6-9,11H,1-5H2,(H,16,17)(H,18,19)/t17-,19-,20-,21-,22+;9-,10-,11-,12+;11-/m000/s1. The van der Waals surface area contributed by atoms with E-state index in [-0.39, 0.29) is 75.0 Å². The maximum absolute atomic E-state index is 14.0. The van der Waals surface area contributed by atoms with E-state index in [2.05, 4.69) is 68.6 Å². The molecule has 2 aromatic rings. The molecule has 21 nitrogen and oxygen atoms in total. The van der Waals surface area contributed by atoms with Gasteiger partial charge in [0.25, 0.3) is 11.8 Å². The van der Waals surface area contributed by atoms with E-state index in [1.54, 1.807) is 14.0 Å². The van der Waals surface area contributed by atoms with Gasteiger partial charge in [-0.25, -0.2) is 24.4 Å². The van der Waals surface area contributed by atoms with E-state index in [9.17, 15) is 43.5 Å². The molecule has 6 fully saturated rings. The molecule has 4 saturated carbocycles. The third-order valence-corrected chi connectivity index (χ3v) is 17.8. The first kappa shape index (κ1) is 62.5. The van der Waals surface area contributed by atoms with Gasteiger partial charge >= 0.3 is 17.9 Å². The van der Waals surface area contributed by atoms with E-state index in [4.69, 9.17) is 9.47 Å². The van der Waals surface area contributed by atoms with Crippen LogP contribution in [0.15, 0.2) is 42.2 Å². The summed E-state index contributed by atoms with van der Waals surface area (Å²) >= 11 is 2.03. The zero-order valence-corrected chi connectivity index (χ0v) is 50.2. The molecule has 4 heterocycles. The molecule has 2 aromatic heterocycles. The number of carbonyl (C=O) groups is 8. The molecule has 0 bridgehead atoms. The molecule has 0 spiro atoms. The van der Waals surface area contributed by atoms with Gasteiger partial charge in [0, 0.05) is 49.7 Å². The second kappa shape index (κ2) is 25.8. The number of piperidine rings is 2. The van der Waals surface area contributed by atoms with E-state index in [0.717, 1.165) is 64.2 Å². The summed E-state index contributed by atoms with van der Waals surface area (Å²) in [5.74, 6) is -2.65. The van der Waals surface area contributed by atoms with Gasteiger partial charge in [-0.1, -0.05) is 108 Å². The van der Waals surface area contributed by atoms with Crippen LogP contribution in [0, 0.1) is 57.2 Å². The van der Waals surface area contributed by atoms with E-state index in [0.29, 0.717) is 19.0 Å². The molecule has 8 rings (SSSR count). The van der Waals surface area contributed by atoms with Crippen molar-refractivity contribution in [3.8, 4) is 0 Å². The second-order valence-corrected chi connectivity index (χ2v) is 25.9. The number of likely N-dealkylation sites (tertiary alicyclic amines) is 2. The zero-order chi connectivity index (χ0) is 58.4. The zero-order valence-electron chi connectivity index (χ0n) is 48.0. The summed E-state index contributed by atoms with van der Waals surface area (Å²) in [7, 11) is 2.73. The molecule has 5 amide bonds. The summed E-state index contributed by atoms with van der Waals surface area (Å²) in [6, 6.07) is -4.15. The second-order valence-electron chi connectivity index (χ2n) is 25.4. The molecule has 0 aromatic carbocycles. The van der Waals surface area contributed by atoms with Crippen LogP contribution >= 0.6 is 22.6 Å². The average molecular weight is 1210 g/mol. The summed E-state index contributed by atoms with van der Waals surface area (Å²) in [6.45, 7) is 21.2. The minimum atomic E-state index is -0.982. The van der Waals surface area contributed by atoms with E-state index >= 15 is 0 Å². The van der Waals surface area contributed by atoms with Gasteiger partial charge in [-0.3, -0.25) is 38.9 Å². The van der Waals surface area contributed by atoms with Gasteiger partial charge in [0.15, 0.2) is 0 Å². The highest BCUT2D eigenvalue weighted by atomic mass is 127. The molecule has 4 N–H and O–H groups in total. The van der Waals surface area contributed by atoms with Crippen LogP contribution in [0.4, 0.5) is 0 Å². The van der Waals surface area contributed by atoms with Crippen molar-refractivity contribution in [2.75, 3.05) is 27.3 Å². The van der Waals surface area contributed by atoms with Crippen LogP contribution in [-0.4, -0.2) is 150 Å². The number of methoxy groups -OCH3 is 2. The number of hydrogen-bond donors (Lipinski definition) is 4. The lowest BCUT2D eigenvalue weighted by Crippen LogP contribution is -2.61. The van der Waals surface area contributed by atoms with Crippen LogP contribution in [0.5, 0.6) is 0 Å². The van der Waals surface area contributed by atoms with Crippen LogP contribution in [0.3, 0.4) is 0 Å². The lowest BCUT2D eigenvalue weighted by Gasteiger charge is -2.38. The lowest BCUT2D eigenvalue weighted by atomic mass is 9.82. The average Bonchev–Trinajstić information content (AvgIpc) is 2.41. The Balaban J connectivity index is 0.000000208. The minimum absolute atomic E-state index is 0.00636. The maximum Gasteiger partial charge on any atom is 0.328 e. The maximum atomic E-state index is 14.0. The van der Waals surface area contributed by atoms with Crippen molar-refractivity contribution in [2.45, 2.75) is 170 Å². The number of hydrogen-bond acceptors (Lipinski definition) is 15. The van der Waals surface area contributed by atoms with Crippen LogP contribution < -0.4 is 16.0 Å². The van der Waals surface area contributed by atoms with E-state index < -0.39 is 71.3 Å². The molecule has 0 unspecified atom stereocenters. The number of carbonyl (C=O) groups excluding carboxylic acids is 7. The summed E-state index contributed by atoms with van der Waals surface area (Å²) in [5.41, 5.74) is -0.579. The SMILES string of the molecule is COC(=O)[C@@H]1[C@@H]2[C@H](CN1C(=O)[C@@H](N=CI)C(C)(C)C)C2(C)C.COC(=O)[C@@H]1[C@@H]2[C@H](CN1C(=O)[C@@H](NC(=O)[C@@H](NC(=O)c1cnccn1)C1CCCCC1)C(C)(C)C)C2(C)C.O=C(N[C@H](C(=O)O)C1CCCCC1)c1cnccn1. The molecular weight excluding hydrogens is 1130 g/mol. The fraction of sp³-hybridized carbons (Fsp3) is 0.702. The minimum Gasteiger partial charge on any atom is -0.480 e. The van der Waals surface area contributed by atoms with Crippen molar-refractivity contribution in [2.24, 2.45) is 62.2 Å². The Kier molecular flexibility index (Phi) is 20.4. The first-order valence-electron chi connectivity index (χ1n) is 27.7. The van der Waals surface area contributed by atoms with Crippen LogP contribution in [-0.2, 0) is 38.2 Å². The predicted octanol–water partition coefficient (Wildman–Crippen LogP) is 6.10. The Morgan fingerprint density at radius 1 is 0.646 bits per heavy atom. The van der Waals surface area contributed by atoms with Gasteiger partial charge in [0.1, 0.15) is 47.6 Å². The summed E-state index contributed by atoms with van der Waals surface area (Å²) in [6.07, 6.45) is 18.0. The number of aliphatic imine (C=N–C) groups is 1. The molecule has 434 valence electrons. The number of nitrogens with zero attached hydrogens (tertiary/aromatic N) is 7. The number of amides is 5. The predicted molar refractivity (Wildman–Crippen MR) is 301 cm³/mol. The van der Waals surface area contributed by atoms with Gasteiger partial charge < -0.3 is 40.3 Å². The van der Waals surface area contributed by atoms with Crippen molar-refractivity contribution in [3.63, 3.8) is 0 Å². The Bertz CT molecular complexity index is 2540. The smallest absolute Gasteiger partial charge is 0.328 e. The number of aliphatic carboxylic acids is 1. The Hall–Kier alpha value is -5.68. The molecule has 10 atom stereocenters. The van der Waals surface area contributed by atoms with Gasteiger partial charge in [-0.05, 0) is 93.6 Å². The first-order valence-corrected chi connectivity index (χ1v) is 28.9. The number of carboxylic acid groups (broad SMARTS) is 1. The fourth-order valence-corrected chi connectivity index (χ4v) is 13.0. The van der Waals surface area contributed by atoms with Crippen LogP contribution in [0.25, 0.3) is 0 Å². The number of carboxylic acids is 1. The highest BCUT2D eigenvalue weighted by molar-refractivity contribution is 14.1. The number of nitrogens with one attached hydrogen (secondary N) is 3.